The lowest BCUT2D eigenvalue weighted by molar-refractivity contribution is -0.141. The minimum Gasteiger partial charge on any atom is -0.454 e. The average molecular weight is 396 g/mol. The zero-order valence-corrected chi connectivity index (χ0v) is 17.2. The zero-order chi connectivity index (χ0) is 20.8. The van der Waals surface area contributed by atoms with Crippen molar-refractivity contribution in [1.82, 2.24) is 10.2 Å². The fraction of sp³-hybridized carbons (Fsp3) is 0.391. The van der Waals surface area contributed by atoms with Crippen LogP contribution in [0.3, 0.4) is 0 Å². The monoisotopic (exact) mass is 396 g/mol. The van der Waals surface area contributed by atoms with Crippen molar-refractivity contribution in [2.75, 3.05) is 13.8 Å². The Balaban J connectivity index is 1.73. The maximum Gasteiger partial charge on any atom is 0.242 e. The third-order valence-electron chi connectivity index (χ3n) is 5.17. The Kier molecular flexibility index (Phi) is 6.75. The molecule has 3 rings (SSSR count). The summed E-state index contributed by atoms with van der Waals surface area (Å²) in [6.07, 6.45) is 1.45. The van der Waals surface area contributed by atoms with E-state index in [1.54, 1.807) is 11.9 Å². The number of ether oxygens (including phenoxy) is 2. The van der Waals surface area contributed by atoms with Crippen molar-refractivity contribution in [1.29, 1.82) is 0 Å². The molecule has 0 saturated carbocycles. The van der Waals surface area contributed by atoms with Gasteiger partial charge < -0.3 is 19.7 Å². The first-order valence-electron chi connectivity index (χ1n) is 9.97. The molecular weight excluding hydrogens is 368 g/mol. The number of rotatable bonds is 8. The van der Waals surface area contributed by atoms with Gasteiger partial charge in [-0.25, -0.2) is 0 Å². The van der Waals surface area contributed by atoms with Crippen molar-refractivity contribution in [3.63, 3.8) is 0 Å². The molecule has 0 aromatic heterocycles. The summed E-state index contributed by atoms with van der Waals surface area (Å²) in [7, 11) is 1.60. The number of carbonyl (C=O) groups excluding carboxylic acids is 2. The van der Waals surface area contributed by atoms with Gasteiger partial charge in [0.05, 0.1) is 0 Å². The summed E-state index contributed by atoms with van der Waals surface area (Å²) in [6.45, 7) is 4.59. The molecule has 0 saturated heterocycles. The molecule has 2 aromatic rings. The number of likely N-dealkylation sites (N-methyl/N-ethyl adjacent to an activating group) is 1. The molecule has 0 spiro atoms. The molecule has 2 amide bonds. The maximum absolute atomic E-state index is 13.1. The van der Waals surface area contributed by atoms with Gasteiger partial charge in [0.1, 0.15) is 6.04 Å². The maximum atomic E-state index is 13.1. The Morgan fingerprint density at radius 1 is 1.07 bits per heavy atom. The minimum absolute atomic E-state index is 0.0429. The van der Waals surface area contributed by atoms with E-state index in [1.807, 2.05) is 56.3 Å². The van der Waals surface area contributed by atoms with E-state index in [4.69, 9.17) is 9.47 Å². The number of carbonyl (C=O) groups is 2. The molecule has 1 N–H and O–H groups in total. The summed E-state index contributed by atoms with van der Waals surface area (Å²) in [5, 5.41) is 2.69. The minimum atomic E-state index is -0.495. The van der Waals surface area contributed by atoms with Crippen molar-refractivity contribution in [2.24, 2.45) is 0 Å². The van der Waals surface area contributed by atoms with E-state index in [1.165, 1.54) is 0 Å². The lowest BCUT2D eigenvalue weighted by Crippen LogP contribution is -2.48. The summed E-state index contributed by atoms with van der Waals surface area (Å²) in [4.78, 5) is 27.2. The quantitative estimate of drug-likeness (QED) is 0.744. The largest absolute Gasteiger partial charge is 0.454 e. The Morgan fingerprint density at radius 2 is 1.76 bits per heavy atom. The number of hydrogen-bond acceptors (Lipinski definition) is 4. The molecule has 0 aliphatic carbocycles. The van der Waals surface area contributed by atoms with Gasteiger partial charge in [0, 0.05) is 20.0 Å². The normalized spacial score (nSPS) is 13.1. The van der Waals surface area contributed by atoms with Crippen LogP contribution in [0.1, 0.15) is 36.5 Å². The molecule has 6 nitrogen and oxygen atoms in total. The Bertz CT molecular complexity index is 864. The van der Waals surface area contributed by atoms with Crippen LogP contribution < -0.4 is 14.8 Å². The summed E-state index contributed by atoms with van der Waals surface area (Å²) < 4.78 is 10.7. The van der Waals surface area contributed by atoms with Crippen LogP contribution in [-0.4, -0.2) is 36.6 Å². The van der Waals surface area contributed by atoms with Crippen molar-refractivity contribution >= 4 is 11.8 Å². The predicted molar refractivity (Wildman–Crippen MR) is 111 cm³/mol. The molecule has 0 fully saturated rings. The van der Waals surface area contributed by atoms with Crippen LogP contribution in [0.15, 0.2) is 42.5 Å². The van der Waals surface area contributed by atoms with Gasteiger partial charge in [0.2, 0.25) is 18.6 Å². The lowest BCUT2D eigenvalue weighted by Gasteiger charge is -2.30. The Hall–Kier alpha value is -3.02. The molecular formula is C23H28N2O4. The highest BCUT2D eigenvalue weighted by molar-refractivity contribution is 5.87. The van der Waals surface area contributed by atoms with E-state index in [0.717, 1.165) is 22.4 Å². The third-order valence-corrected chi connectivity index (χ3v) is 5.17. The summed E-state index contributed by atoms with van der Waals surface area (Å²) >= 11 is 0. The van der Waals surface area contributed by atoms with Gasteiger partial charge >= 0.3 is 0 Å². The molecule has 2 aromatic carbocycles. The highest BCUT2D eigenvalue weighted by Crippen LogP contribution is 2.32. The second-order valence-electron chi connectivity index (χ2n) is 7.23. The molecule has 0 bridgehead atoms. The van der Waals surface area contributed by atoms with Crippen molar-refractivity contribution in [2.45, 2.75) is 45.7 Å². The Morgan fingerprint density at radius 3 is 2.45 bits per heavy atom. The molecule has 6 heteroatoms. The van der Waals surface area contributed by atoms with E-state index in [9.17, 15) is 9.59 Å². The number of aryl methyl sites for hydroxylation is 2. The number of nitrogens with one attached hydrogen (secondary N) is 1. The van der Waals surface area contributed by atoms with Gasteiger partial charge in [0.15, 0.2) is 11.5 Å². The highest BCUT2D eigenvalue weighted by atomic mass is 16.7. The number of amides is 2. The first-order chi connectivity index (χ1) is 14.0. The number of nitrogens with zero attached hydrogens (tertiary/aromatic N) is 1. The first-order valence-corrected chi connectivity index (χ1v) is 9.97. The highest BCUT2D eigenvalue weighted by Gasteiger charge is 2.27. The predicted octanol–water partition coefficient (Wildman–Crippen LogP) is 3.21. The SMILES string of the molecule is CC[C@@H](C(=O)NC)N(Cc1ccc(C)cc1)C(=O)CCc1ccc2c(c1)OCO2. The van der Waals surface area contributed by atoms with E-state index < -0.39 is 6.04 Å². The summed E-state index contributed by atoms with van der Waals surface area (Å²) in [5.74, 6) is 1.25. The van der Waals surface area contributed by atoms with Crippen LogP contribution in [0.25, 0.3) is 0 Å². The van der Waals surface area contributed by atoms with Gasteiger partial charge in [-0.3, -0.25) is 9.59 Å². The van der Waals surface area contributed by atoms with E-state index in [2.05, 4.69) is 5.32 Å². The standard InChI is InChI=1S/C23H28N2O4/c1-4-19(23(27)24-3)25(14-18-7-5-16(2)6-8-18)22(26)12-10-17-9-11-20-21(13-17)29-15-28-20/h5-9,11,13,19H,4,10,12,14-15H2,1-3H3,(H,24,27)/t19-/m0/s1. The molecule has 1 aliphatic rings. The van der Waals surface area contributed by atoms with Gasteiger partial charge in [-0.05, 0) is 43.0 Å². The van der Waals surface area contributed by atoms with Crippen molar-refractivity contribution < 1.29 is 19.1 Å². The fourth-order valence-corrected chi connectivity index (χ4v) is 3.47. The first kappa shape index (κ1) is 20.7. The van der Waals surface area contributed by atoms with Crippen LogP contribution in [0, 0.1) is 6.92 Å². The van der Waals surface area contributed by atoms with Crippen LogP contribution in [0.5, 0.6) is 11.5 Å². The zero-order valence-electron chi connectivity index (χ0n) is 17.2. The van der Waals surface area contributed by atoms with Crippen LogP contribution >= 0.6 is 0 Å². The van der Waals surface area contributed by atoms with E-state index in [-0.39, 0.29) is 18.6 Å². The van der Waals surface area contributed by atoms with Gasteiger partial charge in [-0.15, -0.1) is 0 Å². The topological polar surface area (TPSA) is 67.9 Å². The average Bonchev–Trinajstić information content (AvgIpc) is 3.21. The van der Waals surface area contributed by atoms with Gasteiger partial charge in [-0.2, -0.15) is 0 Å². The van der Waals surface area contributed by atoms with Crippen molar-refractivity contribution in [3.05, 3.63) is 59.2 Å². The molecule has 0 radical (unpaired) electrons. The molecule has 1 aliphatic heterocycles. The second-order valence-corrected chi connectivity index (χ2v) is 7.23. The van der Waals surface area contributed by atoms with Crippen LogP contribution in [0.2, 0.25) is 0 Å². The third kappa shape index (κ3) is 5.08. The smallest absolute Gasteiger partial charge is 0.242 e. The van der Waals surface area contributed by atoms with Gasteiger partial charge in [-0.1, -0.05) is 42.8 Å². The fourth-order valence-electron chi connectivity index (χ4n) is 3.47. The molecule has 29 heavy (non-hydrogen) atoms. The number of fused-ring (bicyclic) bond motifs is 1. The molecule has 154 valence electrons. The Labute approximate surface area is 171 Å². The lowest BCUT2D eigenvalue weighted by atomic mass is 10.1. The molecule has 1 heterocycles. The van der Waals surface area contributed by atoms with Crippen LogP contribution in [-0.2, 0) is 22.6 Å². The molecule has 0 unspecified atom stereocenters. The van der Waals surface area contributed by atoms with Crippen molar-refractivity contribution in [3.8, 4) is 11.5 Å². The summed E-state index contributed by atoms with van der Waals surface area (Å²) in [6, 6.07) is 13.3. The summed E-state index contributed by atoms with van der Waals surface area (Å²) in [5.41, 5.74) is 3.17. The second kappa shape index (κ2) is 9.45. The van der Waals surface area contributed by atoms with E-state index in [0.29, 0.717) is 31.6 Å². The number of hydrogen-bond donors (Lipinski definition) is 1. The molecule has 1 atom stereocenters. The van der Waals surface area contributed by atoms with Crippen LogP contribution in [0.4, 0.5) is 0 Å². The van der Waals surface area contributed by atoms with Gasteiger partial charge in [0.25, 0.3) is 0 Å². The number of benzene rings is 2. The van der Waals surface area contributed by atoms with E-state index >= 15 is 0 Å².